The Kier molecular flexibility index (Phi) is 6.66. The van der Waals surface area contributed by atoms with Crippen LogP contribution in [0.2, 0.25) is 0 Å². The lowest BCUT2D eigenvalue weighted by molar-refractivity contribution is 0.266. The lowest BCUT2D eigenvalue weighted by Gasteiger charge is -2.33. The zero-order valence-corrected chi connectivity index (χ0v) is 14.0. The van der Waals surface area contributed by atoms with E-state index in [0.29, 0.717) is 0 Å². The van der Waals surface area contributed by atoms with Gasteiger partial charge in [-0.2, -0.15) is 0 Å². The molecule has 1 atom stereocenters. The molecule has 112 valence electrons. The van der Waals surface area contributed by atoms with Crippen LogP contribution in [0, 0.1) is 5.92 Å². The highest BCUT2D eigenvalue weighted by Crippen LogP contribution is 2.20. The van der Waals surface area contributed by atoms with Crippen molar-refractivity contribution >= 4 is 29.1 Å². The van der Waals surface area contributed by atoms with Gasteiger partial charge in [0.1, 0.15) is 4.34 Å². The summed E-state index contributed by atoms with van der Waals surface area (Å²) in [6.07, 6.45) is 5.62. The summed E-state index contributed by atoms with van der Waals surface area (Å²) in [4.78, 5) is 11.1. The van der Waals surface area contributed by atoms with Crippen LogP contribution in [0.5, 0.6) is 0 Å². The van der Waals surface area contributed by atoms with Crippen LogP contribution in [0.25, 0.3) is 0 Å². The molecule has 1 aromatic rings. The molecule has 0 aliphatic carbocycles. The molecule has 1 aliphatic heterocycles. The van der Waals surface area contributed by atoms with Crippen LogP contribution in [-0.4, -0.2) is 48.3 Å². The minimum Gasteiger partial charge on any atom is -0.356 e. The molecule has 0 aromatic carbocycles. The second-order valence-electron chi connectivity index (χ2n) is 5.17. The van der Waals surface area contributed by atoms with Gasteiger partial charge in [-0.3, -0.25) is 4.99 Å². The number of piperidine rings is 1. The molecule has 0 saturated carbocycles. The summed E-state index contributed by atoms with van der Waals surface area (Å²) >= 11 is 3.55. The summed E-state index contributed by atoms with van der Waals surface area (Å²) in [6, 6.07) is 0. The molecule has 1 saturated heterocycles. The molecule has 0 spiro atoms. The quantitative estimate of drug-likeness (QED) is 0.393. The minimum atomic E-state index is 0.780. The van der Waals surface area contributed by atoms with Gasteiger partial charge < -0.3 is 10.2 Å². The molecule has 1 N–H and O–H groups in total. The summed E-state index contributed by atoms with van der Waals surface area (Å²) in [5, 5.41) is 5.51. The Balaban J connectivity index is 1.64. The fraction of sp³-hybridized carbons (Fsp3) is 0.714. The topological polar surface area (TPSA) is 40.5 Å². The SMILES string of the molecule is CN=C(NCCCSc1nccs1)N1CCCC(C)C1. The van der Waals surface area contributed by atoms with E-state index in [9.17, 15) is 0 Å². The average Bonchev–Trinajstić information content (AvgIpc) is 2.96. The van der Waals surface area contributed by atoms with E-state index in [-0.39, 0.29) is 0 Å². The van der Waals surface area contributed by atoms with Crippen molar-refractivity contribution in [3.63, 3.8) is 0 Å². The number of aliphatic imine (C=N–C) groups is 1. The van der Waals surface area contributed by atoms with E-state index in [1.165, 1.54) is 17.2 Å². The van der Waals surface area contributed by atoms with E-state index in [0.717, 1.165) is 43.7 Å². The van der Waals surface area contributed by atoms with Crippen molar-refractivity contribution in [2.45, 2.75) is 30.5 Å². The first-order valence-corrected chi connectivity index (χ1v) is 9.14. The molecule has 1 unspecified atom stereocenters. The number of likely N-dealkylation sites (tertiary alicyclic amines) is 1. The van der Waals surface area contributed by atoms with Crippen molar-refractivity contribution in [2.24, 2.45) is 10.9 Å². The molecule has 0 bridgehead atoms. The summed E-state index contributed by atoms with van der Waals surface area (Å²) < 4.78 is 1.17. The van der Waals surface area contributed by atoms with Crippen LogP contribution >= 0.6 is 23.1 Å². The fourth-order valence-electron chi connectivity index (χ4n) is 2.43. The molecule has 4 nitrogen and oxygen atoms in total. The average molecular weight is 313 g/mol. The maximum atomic E-state index is 4.41. The Labute approximate surface area is 130 Å². The minimum absolute atomic E-state index is 0.780. The Hall–Kier alpha value is -0.750. The van der Waals surface area contributed by atoms with Crippen LogP contribution in [-0.2, 0) is 0 Å². The smallest absolute Gasteiger partial charge is 0.193 e. The van der Waals surface area contributed by atoms with Crippen molar-refractivity contribution in [3.8, 4) is 0 Å². The van der Waals surface area contributed by atoms with E-state index in [2.05, 4.69) is 27.1 Å². The maximum absolute atomic E-state index is 4.41. The van der Waals surface area contributed by atoms with Crippen LogP contribution in [0.3, 0.4) is 0 Å². The Morgan fingerprint density at radius 3 is 3.25 bits per heavy atom. The van der Waals surface area contributed by atoms with Crippen molar-refractivity contribution in [2.75, 3.05) is 32.4 Å². The van der Waals surface area contributed by atoms with Gasteiger partial charge in [-0.05, 0) is 25.2 Å². The second kappa shape index (κ2) is 8.52. The zero-order valence-electron chi connectivity index (χ0n) is 12.3. The van der Waals surface area contributed by atoms with Crippen molar-refractivity contribution in [3.05, 3.63) is 11.6 Å². The van der Waals surface area contributed by atoms with Gasteiger partial charge in [-0.25, -0.2) is 4.98 Å². The largest absolute Gasteiger partial charge is 0.356 e. The highest BCUT2D eigenvalue weighted by molar-refractivity contribution is 8.00. The van der Waals surface area contributed by atoms with E-state index in [4.69, 9.17) is 0 Å². The zero-order chi connectivity index (χ0) is 14.2. The molecule has 1 aliphatic rings. The van der Waals surface area contributed by atoms with Gasteiger partial charge >= 0.3 is 0 Å². The van der Waals surface area contributed by atoms with Crippen molar-refractivity contribution in [1.29, 1.82) is 0 Å². The number of hydrogen-bond donors (Lipinski definition) is 1. The lowest BCUT2D eigenvalue weighted by Crippen LogP contribution is -2.46. The number of rotatable bonds is 5. The lowest BCUT2D eigenvalue weighted by atomic mass is 10.0. The van der Waals surface area contributed by atoms with E-state index >= 15 is 0 Å². The maximum Gasteiger partial charge on any atom is 0.193 e. The Bertz CT molecular complexity index is 405. The number of nitrogens with one attached hydrogen (secondary N) is 1. The first-order valence-electron chi connectivity index (χ1n) is 7.27. The first kappa shape index (κ1) is 15.6. The number of hydrogen-bond acceptors (Lipinski definition) is 4. The van der Waals surface area contributed by atoms with Gasteiger partial charge in [0.05, 0.1) is 0 Å². The molecule has 1 fully saturated rings. The van der Waals surface area contributed by atoms with Crippen LogP contribution in [0.15, 0.2) is 20.9 Å². The predicted molar refractivity (Wildman–Crippen MR) is 88.8 cm³/mol. The normalized spacial score (nSPS) is 20.2. The van der Waals surface area contributed by atoms with Gasteiger partial charge in [0.2, 0.25) is 0 Å². The second-order valence-corrected chi connectivity index (χ2v) is 7.40. The highest BCUT2D eigenvalue weighted by Gasteiger charge is 2.18. The Morgan fingerprint density at radius 1 is 1.65 bits per heavy atom. The van der Waals surface area contributed by atoms with Gasteiger partial charge in [0.25, 0.3) is 0 Å². The molecule has 0 amide bonds. The summed E-state index contributed by atoms with van der Waals surface area (Å²) in [6.45, 7) is 5.57. The van der Waals surface area contributed by atoms with Gasteiger partial charge in [0.15, 0.2) is 5.96 Å². The molecule has 0 radical (unpaired) electrons. The number of thiazole rings is 1. The van der Waals surface area contributed by atoms with Crippen molar-refractivity contribution in [1.82, 2.24) is 15.2 Å². The fourth-order valence-corrected chi connectivity index (χ4v) is 4.07. The van der Waals surface area contributed by atoms with E-state index in [1.54, 1.807) is 11.3 Å². The third-order valence-corrected chi connectivity index (χ3v) is 5.46. The molecular formula is C14H24N4S2. The third kappa shape index (κ3) is 4.98. The number of guanidine groups is 1. The standard InChI is InChI=1S/C14H24N4S2/c1-12-5-3-8-18(11-12)13(15-2)16-6-4-9-19-14-17-7-10-20-14/h7,10,12H,3-6,8-9,11H2,1-2H3,(H,15,16). The monoisotopic (exact) mass is 312 g/mol. The summed E-state index contributed by atoms with van der Waals surface area (Å²) in [5.41, 5.74) is 0. The van der Waals surface area contributed by atoms with Gasteiger partial charge in [0, 0.05) is 44.0 Å². The molecule has 6 heteroatoms. The first-order chi connectivity index (χ1) is 9.79. The van der Waals surface area contributed by atoms with E-state index in [1.807, 2.05) is 30.4 Å². The van der Waals surface area contributed by atoms with Crippen LogP contribution < -0.4 is 5.32 Å². The molecule has 2 heterocycles. The highest BCUT2D eigenvalue weighted by atomic mass is 32.2. The third-order valence-electron chi connectivity index (χ3n) is 3.41. The van der Waals surface area contributed by atoms with Crippen LogP contribution in [0.1, 0.15) is 26.2 Å². The molecule has 20 heavy (non-hydrogen) atoms. The van der Waals surface area contributed by atoms with Gasteiger partial charge in [-0.1, -0.05) is 18.7 Å². The van der Waals surface area contributed by atoms with Gasteiger partial charge in [-0.15, -0.1) is 11.3 Å². The summed E-state index contributed by atoms with van der Waals surface area (Å²) in [5.74, 6) is 2.95. The number of nitrogens with zero attached hydrogens (tertiary/aromatic N) is 3. The molecular weight excluding hydrogens is 288 g/mol. The van der Waals surface area contributed by atoms with Crippen LogP contribution in [0.4, 0.5) is 0 Å². The molecule has 2 rings (SSSR count). The van der Waals surface area contributed by atoms with Crippen molar-refractivity contribution < 1.29 is 0 Å². The molecule has 1 aromatic heterocycles. The summed E-state index contributed by atoms with van der Waals surface area (Å²) in [7, 11) is 1.88. The van der Waals surface area contributed by atoms with E-state index < -0.39 is 0 Å². The number of aromatic nitrogens is 1. The number of thioether (sulfide) groups is 1. The predicted octanol–water partition coefficient (Wildman–Crippen LogP) is 2.93. The Morgan fingerprint density at radius 2 is 2.55 bits per heavy atom.